The third kappa shape index (κ3) is 4.61. The zero-order chi connectivity index (χ0) is 15.8. The Kier molecular flexibility index (Phi) is 4.49. The number of amides is 2. The van der Waals surface area contributed by atoms with E-state index in [0.29, 0.717) is 22.2 Å². The fraction of sp³-hybridized carbons (Fsp3) is 0.467. The Morgan fingerprint density at radius 1 is 1.05 bits per heavy atom. The van der Waals surface area contributed by atoms with Crippen LogP contribution in [-0.2, 0) is 9.59 Å². The fourth-order valence-electron chi connectivity index (χ4n) is 2.10. The molecule has 2 N–H and O–H groups in total. The lowest BCUT2D eigenvalue weighted by Gasteiger charge is -2.20. The second-order valence-electron chi connectivity index (χ2n) is 6.34. The summed E-state index contributed by atoms with van der Waals surface area (Å²) in [6, 6.07) is 4.84. The molecule has 2 atom stereocenters. The van der Waals surface area contributed by atoms with E-state index in [9.17, 15) is 9.59 Å². The van der Waals surface area contributed by atoms with Gasteiger partial charge < -0.3 is 10.6 Å². The van der Waals surface area contributed by atoms with Gasteiger partial charge in [0, 0.05) is 21.3 Å². The Labute approximate surface area is 134 Å². The highest BCUT2D eigenvalue weighted by Gasteiger charge is 2.48. The van der Waals surface area contributed by atoms with Crippen LogP contribution in [0.1, 0.15) is 27.2 Å². The molecule has 0 spiro atoms. The largest absolute Gasteiger partial charge is 0.351 e. The lowest BCUT2D eigenvalue weighted by Crippen LogP contribution is -2.42. The Hall–Kier alpha value is -1.26. The normalized spacial score (nSPS) is 20.8. The van der Waals surface area contributed by atoms with Gasteiger partial charge in [-0.15, -0.1) is 0 Å². The minimum atomic E-state index is -0.290. The Bertz CT molecular complexity index is 561. The predicted octanol–water partition coefficient (Wildman–Crippen LogP) is 3.48. The Morgan fingerprint density at radius 2 is 1.57 bits per heavy atom. The van der Waals surface area contributed by atoms with Gasteiger partial charge in [-0.05, 0) is 45.4 Å². The van der Waals surface area contributed by atoms with E-state index in [1.54, 1.807) is 18.2 Å². The smallest absolute Gasteiger partial charge is 0.228 e. The van der Waals surface area contributed by atoms with Crippen LogP contribution in [0.25, 0.3) is 0 Å². The van der Waals surface area contributed by atoms with Crippen molar-refractivity contribution >= 4 is 40.7 Å². The monoisotopic (exact) mass is 328 g/mol. The van der Waals surface area contributed by atoms with Crippen LogP contribution in [0.2, 0.25) is 10.0 Å². The Morgan fingerprint density at radius 3 is 2.10 bits per heavy atom. The van der Waals surface area contributed by atoms with Crippen molar-refractivity contribution in [1.29, 1.82) is 0 Å². The molecule has 2 unspecified atom stereocenters. The van der Waals surface area contributed by atoms with Crippen molar-refractivity contribution in [3.8, 4) is 0 Å². The molecule has 0 aliphatic heterocycles. The first-order valence-electron chi connectivity index (χ1n) is 6.75. The molecule has 6 heteroatoms. The third-order valence-electron chi connectivity index (χ3n) is 3.09. The minimum absolute atomic E-state index is 0.0771. The number of hydrogen-bond donors (Lipinski definition) is 2. The fourth-order valence-corrected chi connectivity index (χ4v) is 2.62. The Balaban J connectivity index is 1.93. The number of carbonyl (C=O) groups excluding carboxylic acids is 2. The van der Waals surface area contributed by atoms with E-state index in [1.807, 2.05) is 20.8 Å². The van der Waals surface area contributed by atoms with Crippen LogP contribution >= 0.6 is 23.2 Å². The molecular weight excluding hydrogens is 311 g/mol. The zero-order valence-electron chi connectivity index (χ0n) is 12.2. The molecule has 1 aliphatic rings. The summed E-state index contributed by atoms with van der Waals surface area (Å²) in [6.45, 7) is 5.74. The van der Waals surface area contributed by atoms with Crippen LogP contribution in [0.3, 0.4) is 0 Å². The van der Waals surface area contributed by atoms with Gasteiger partial charge in [-0.2, -0.15) is 0 Å². The molecule has 2 rings (SSSR count). The van der Waals surface area contributed by atoms with Gasteiger partial charge in [-0.3, -0.25) is 9.59 Å². The molecule has 0 radical (unpaired) electrons. The summed E-state index contributed by atoms with van der Waals surface area (Å²) >= 11 is 11.8. The average Bonchev–Trinajstić information content (AvgIpc) is 3.04. The number of benzene rings is 1. The van der Waals surface area contributed by atoms with Gasteiger partial charge in [-0.25, -0.2) is 0 Å². The molecule has 0 aromatic heterocycles. The van der Waals surface area contributed by atoms with Crippen molar-refractivity contribution in [3.05, 3.63) is 28.2 Å². The van der Waals surface area contributed by atoms with Crippen LogP contribution in [0, 0.1) is 11.8 Å². The van der Waals surface area contributed by atoms with E-state index in [4.69, 9.17) is 23.2 Å². The van der Waals surface area contributed by atoms with Gasteiger partial charge in [0.1, 0.15) is 0 Å². The summed E-state index contributed by atoms with van der Waals surface area (Å²) in [5.41, 5.74) is 0.251. The molecule has 1 aromatic rings. The molecular formula is C15H18Cl2N2O2. The first kappa shape index (κ1) is 16.1. The van der Waals surface area contributed by atoms with E-state index in [2.05, 4.69) is 10.6 Å². The van der Waals surface area contributed by atoms with Crippen LogP contribution in [0.4, 0.5) is 5.69 Å². The zero-order valence-corrected chi connectivity index (χ0v) is 13.7. The van der Waals surface area contributed by atoms with Crippen molar-refractivity contribution in [2.45, 2.75) is 32.7 Å². The molecule has 0 heterocycles. The van der Waals surface area contributed by atoms with Crippen molar-refractivity contribution in [3.63, 3.8) is 0 Å². The van der Waals surface area contributed by atoms with Crippen LogP contribution in [-0.4, -0.2) is 17.4 Å². The molecule has 2 amide bonds. The van der Waals surface area contributed by atoms with Crippen molar-refractivity contribution in [2.24, 2.45) is 11.8 Å². The van der Waals surface area contributed by atoms with E-state index in [0.717, 1.165) is 0 Å². The van der Waals surface area contributed by atoms with Crippen LogP contribution in [0.15, 0.2) is 18.2 Å². The quantitative estimate of drug-likeness (QED) is 0.892. The molecule has 114 valence electrons. The number of anilines is 1. The van der Waals surface area contributed by atoms with Gasteiger partial charge in [0.25, 0.3) is 0 Å². The highest BCUT2D eigenvalue weighted by Crippen LogP contribution is 2.40. The first-order chi connectivity index (χ1) is 9.65. The number of rotatable bonds is 3. The second-order valence-corrected chi connectivity index (χ2v) is 7.21. The molecule has 1 aromatic carbocycles. The van der Waals surface area contributed by atoms with Gasteiger partial charge in [-0.1, -0.05) is 23.2 Å². The maximum absolute atomic E-state index is 12.1. The molecule has 0 bridgehead atoms. The number of carbonyl (C=O) groups is 2. The summed E-state index contributed by atoms with van der Waals surface area (Å²) in [7, 11) is 0. The van der Waals surface area contributed by atoms with Gasteiger partial charge in [0.05, 0.1) is 11.8 Å². The molecule has 1 aliphatic carbocycles. The summed E-state index contributed by atoms with van der Waals surface area (Å²) < 4.78 is 0. The lowest BCUT2D eigenvalue weighted by molar-refractivity contribution is -0.126. The average molecular weight is 329 g/mol. The summed E-state index contributed by atoms with van der Waals surface area (Å²) in [4.78, 5) is 24.1. The van der Waals surface area contributed by atoms with Crippen LogP contribution < -0.4 is 10.6 Å². The highest BCUT2D eigenvalue weighted by molar-refractivity contribution is 6.35. The van der Waals surface area contributed by atoms with Crippen molar-refractivity contribution < 1.29 is 9.59 Å². The maximum atomic E-state index is 12.1. The SMILES string of the molecule is CC(C)(C)NC(=O)C1CC1C(=O)Nc1cc(Cl)cc(Cl)c1. The van der Waals surface area contributed by atoms with Gasteiger partial charge >= 0.3 is 0 Å². The topological polar surface area (TPSA) is 58.2 Å². The standard InChI is InChI=1S/C15H18Cl2N2O2/c1-15(2,3)19-14(21)12-7-11(12)13(20)18-10-5-8(16)4-9(17)6-10/h4-6,11-12H,7H2,1-3H3,(H,18,20)(H,19,21). The number of nitrogens with one attached hydrogen (secondary N) is 2. The molecule has 1 saturated carbocycles. The summed E-state index contributed by atoms with van der Waals surface area (Å²) in [5.74, 6) is -0.793. The van der Waals surface area contributed by atoms with Crippen molar-refractivity contribution in [1.82, 2.24) is 5.32 Å². The van der Waals surface area contributed by atoms with E-state index >= 15 is 0 Å². The summed E-state index contributed by atoms with van der Waals surface area (Å²) in [5, 5.41) is 6.54. The first-order valence-corrected chi connectivity index (χ1v) is 7.50. The second kappa shape index (κ2) is 5.85. The highest BCUT2D eigenvalue weighted by atomic mass is 35.5. The lowest BCUT2D eigenvalue weighted by atomic mass is 10.1. The number of halogens is 2. The van der Waals surface area contributed by atoms with Gasteiger partial charge in [0.15, 0.2) is 0 Å². The molecule has 4 nitrogen and oxygen atoms in total. The van der Waals surface area contributed by atoms with E-state index in [-0.39, 0.29) is 29.2 Å². The van der Waals surface area contributed by atoms with E-state index < -0.39 is 0 Å². The van der Waals surface area contributed by atoms with E-state index in [1.165, 1.54) is 0 Å². The van der Waals surface area contributed by atoms with Crippen molar-refractivity contribution in [2.75, 3.05) is 5.32 Å². The predicted molar refractivity (Wildman–Crippen MR) is 84.6 cm³/mol. The third-order valence-corrected chi connectivity index (χ3v) is 3.53. The summed E-state index contributed by atoms with van der Waals surface area (Å²) in [6.07, 6.45) is 0.571. The molecule has 0 saturated heterocycles. The van der Waals surface area contributed by atoms with Gasteiger partial charge in [0.2, 0.25) is 11.8 Å². The maximum Gasteiger partial charge on any atom is 0.228 e. The molecule has 21 heavy (non-hydrogen) atoms. The van der Waals surface area contributed by atoms with Crippen LogP contribution in [0.5, 0.6) is 0 Å². The molecule has 1 fully saturated rings. The number of hydrogen-bond acceptors (Lipinski definition) is 2. The minimum Gasteiger partial charge on any atom is -0.351 e.